The summed E-state index contributed by atoms with van der Waals surface area (Å²) in [5.74, 6) is 0.141. The van der Waals surface area contributed by atoms with E-state index in [0.717, 1.165) is 22.0 Å². The predicted molar refractivity (Wildman–Crippen MR) is 75.2 cm³/mol. The number of hydrogen-bond donors (Lipinski definition) is 1. The topological polar surface area (TPSA) is 40.5 Å². The molecule has 0 aliphatic heterocycles. The van der Waals surface area contributed by atoms with E-state index < -0.39 is 0 Å². The monoisotopic (exact) mass is 345 g/mol. The van der Waals surface area contributed by atoms with Crippen LogP contribution in [0, 0.1) is 3.57 Å². The first-order valence-electron chi connectivity index (χ1n) is 5.84. The van der Waals surface area contributed by atoms with Gasteiger partial charge in [0, 0.05) is 21.7 Å². The van der Waals surface area contributed by atoms with Crippen molar-refractivity contribution < 1.29 is 9.90 Å². The zero-order valence-electron chi connectivity index (χ0n) is 9.60. The molecular weight excluding hydrogens is 329 g/mol. The van der Waals surface area contributed by atoms with Crippen molar-refractivity contribution >= 4 is 28.4 Å². The molecule has 0 saturated heterocycles. The molecule has 3 nitrogen and oxygen atoms in total. The fourth-order valence-electron chi connectivity index (χ4n) is 1.87. The maximum atomic E-state index is 12.0. The van der Waals surface area contributed by atoms with Crippen LogP contribution in [0.25, 0.3) is 0 Å². The van der Waals surface area contributed by atoms with Crippen LogP contribution in [0.15, 0.2) is 24.3 Å². The molecule has 2 rings (SSSR count). The molecule has 0 radical (unpaired) electrons. The Morgan fingerprint density at radius 1 is 1.35 bits per heavy atom. The summed E-state index contributed by atoms with van der Waals surface area (Å²) < 4.78 is 1.13. The molecule has 17 heavy (non-hydrogen) atoms. The van der Waals surface area contributed by atoms with Crippen LogP contribution in [-0.4, -0.2) is 41.5 Å². The Balaban J connectivity index is 1.97. The molecule has 1 N–H and O–H groups in total. The zero-order valence-corrected chi connectivity index (χ0v) is 11.8. The number of rotatable bonds is 6. The van der Waals surface area contributed by atoms with Crippen molar-refractivity contribution in [2.24, 2.45) is 0 Å². The van der Waals surface area contributed by atoms with Crippen LogP contribution in [-0.2, 0) is 0 Å². The number of aliphatic hydroxyl groups excluding tert-OH is 1. The Kier molecular flexibility index (Phi) is 4.53. The van der Waals surface area contributed by atoms with Gasteiger partial charge < -0.3 is 5.11 Å². The first-order chi connectivity index (χ1) is 8.20. The quantitative estimate of drug-likeness (QED) is 0.633. The van der Waals surface area contributed by atoms with E-state index in [1.807, 2.05) is 24.3 Å². The Hall–Kier alpha value is -0.460. The second kappa shape index (κ2) is 5.93. The number of nitrogens with zero attached hydrogens (tertiary/aromatic N) is 1. The summed E-state index contributed by atoms with van der Waals surface area (Å²) in [5, 5.41) is 8.98. The Morgan fingerprint density at radius 3 is 2.53 bits per heavy atom. The molecule has 0 aromatic heterocycles. The van der Waals surface area contributed by atoms with Crippen molar-refractivity contribution in [3.63, 3.8) is 0 Å². The van der Waals surface area contributed by atoms with Gasteiger partial charge in [0.15, 0.2) is 5.78 Å². The van der Waals surface area contributed by atoms with E-state index in [9.17, 15) is 4.79 Å². The zero-order chi connectivity index (χ0) is 12.3. The first kappa shape index (κ1) is 13.0. The Labute approximate surface area is 115 Å². The van der Waals surface area contributed by atoms with E-state index in [1.54, 1.807) is 0 Å². The van der Waals surface area contributed by atoms with Crippen LogP contribution in [0.2, 0.25) is 0 Å². The van der Waals surface area contributed by atoms with E-state index in [0.29, 0.717) is 19.1 Å². The standard InChI is InChI=1S/C13H16INO2/c14-11-3-1-10(2-4-11)13(17)9-15(7-8-16)12-5-6-12/h1-4,12,16H,5-9H2. The van der Waals surface area contributed by atoms with Gasteiger partial charge in [-0.05, 0) is 47.6 Å². The molecule has 1 aliphatic rings. The van der Waals surface area contributed by atoms with Crippen molar-refractivity contribution in [3.8, 4) is 0 Å². The van der Waals surface area contributed by atoms with Crippen LogP contribution in [0.4, 0.5) is 0 Å². The normalized spacial score (nSPS) is 15.2. The highest BCUT2D eigenvalue weighted by Crippen LogP contribution is 2.26. The minimum absolute atomic E-state index is 0.121. The van der Waals surface area contributed by atoms with Gasteiger partial charge in [0.1, 0.15) is 0 Å². The van der Waals surface area contributed by atoms with E-state index in [1.165, 1.54) is 0 Å². The van der Waals surface area contributed by atoms with Crippen LogP contribution in [0.3, 0.4) is 0 Å². The van der Waals surface area contributed by atoms with E-state index >= 15 is 0 Å². The van der Waals surface area contributed by atoms with Gasteiger partial charge in [0.05, 0.1) is 13.2 Å². The molecule has 0 unspecified atom stereocenters. The molecule has 0 bridgehead atoms. The maximum Gasteiger partial charge on any atom is 0.176 e. The molecule has 1 aromatic carbocycles. The first-order valence-corrected chi connectivity index (χ1v) is 6.92. The molecule has 0 atom stereocenters. The molecule has 1 aliphatic carbocycles. The number of carbonyl (C=O) groups excluding carboxylic acids is 1. The fourth-order valence-corrected chi connectivity index (χ4v) is 2.23. The van der Waals surface area contributed by atoms with E-state index in [4.69, 9.17) is 5.11 Å². The van der Waals surface area contributed by atoms with Crippen LogP contribution >= 0.6 is 22.6 Å². The van der Waals surface area contributed by atoms with Gasteiger partial charge in [-0.25, -0.2) is 0 Å². The van der Waals surface area contributed by atoms with E-state index in [2.05, 4.69) is 27.5 Å². The van der Waals surface area contributed by atoms with Gasteiger partial charge in [0.2, 0.25) is 0 Å². The van der Waals surface area contributed by atoms with Gasteiger partial charge in [-0.1, -0.05) is 12.1 Å². The molecule has 1 aromatic rings. The summed E-state index contributed by atoms with van der Waals surface area (Å²) >= 11 is 2.22. The van der Waals surface area contributed by atoms with E-state index in [-0.39, 0.29) is 12.4 Å². The highest BCUT2D eigenvalue weighted by molar-refractivity contribution is 14.1. The number of ketones is 1. The number of benzene rings is 1. The van der Waals surface area contributed by atoms with Crippen LogP contribution < -0.4 is 0 Å². The third-order valence-corrected chi connectivity index (χ3v) is 3.68. The number of hydrogen-bond acceptors (Lipinski definition) is 3. The summed E-state index contributed by atoms with van der Waals surface area (Å²) in [5.41, 5.74) is 0.758. The number of aliphatic hydroxyl groups is 1. The minimum atomic E-state index is 0.121. The number of halogens is 1. The molecule has 92 valence electrons. The Morgan fingerprint density at radius 2 is 2.00 bits per heavy atom. The summed E-state index contributed by atoms with van der Waals surface area (Å²) in [6, 6.07) is 8.14. The lowest BCUT2D eigenvalue weighted by Crippen LogP contribution is -2.34. The van der Waals surface area contributed by atoms with Crippen molar-refractivity contribution in [2.45, 2.75) is 18.9 Å². The van der Waals surface area contributed by atoms with Crippen molar-refractivity contribution in [1.82, 2.24) is 4.90 Å². The maximum absolute atomic E-state index is 12.0. The molecule has 1 saturated carbocycles. The van der Waals surface area contributed by atoms with Crippen LogP contribution in [0.5, 0.6) is 0 Å². The van der Waals surface area contributed by atoms with Crippen molar-refractivity contribution in [1.29, 1.82) is 0 Å². The fraction of sp³-hybridized carbons (Fsp3) is 0.462. The molecule has 0 heterocycles. The summed E-state index contributed by atoms with van der Waals surface area (Å²) in [4.78, 5) is 14.1. The summed E-state index contributed by atoms with van der Waals surface area (Å²) in [6.07, 6.45) is 2.31. The van der Waals surface area contributed by atoms with Gasteiger partial charge in [-0.3, -0.25) is 9.69 Å². The second-order valence-corrected chi connectivity index (χ2v) is 5.60. The second-order valence-electron chi connectivity index (χ2n) is 4.36. The van der Waals surface area contributed by atoms with Gasteiger partial charge in [0.25, 0.3) is 0 Å². The molecule has 4 heteroatoms. The summed E-state index contributed by atoms with van der Waals surface area (Å²) in [6.45, 7) is 1.14. The third-order valence-electron chi connectivity index (χ3n) is 2.96. The Bertz CT molecular complexity index is 387. The van der Waals surface area contributed by atoms with Gasteiger partial charge >= 0.3 is 0 Å². The lowest BCUT2D eigenvalue weighted by Gasteiger charge is -2.19. The largest absolute Gasteiger partial charge is 0.395 e. The highest BCUT2D eigenvalue weighted by Gasteiger charge is 2.29. The molecule has 0 amide bonds. The molecule has 1 fully saturated rings. The lowest BCUT2D eigenvalue weighted by molar-refractivity contribution is 0.0907. The highest BCUT2D eigenvalue weighted by atomic mass is 127. The van der Waals surface area contributed by atoms with Crippen molar-refractivity contribution in [2.75, 3.05) is 19.7 Å². The number of Topliss-reactive ketones (excluding diaryl/α,β-unsaturated/α-hetero) is 1. The predicted octanol–water partition coefficient (Wildman–Crippen LogP) is 1.93. The molecule has 0 spiro atoms. The van der Waals surface area contributed by atoms with Crippen LogP contribution in [0.1, 0.15) is 23.2 Å². The van der Waals surface area contributed by atoms with Crippen molar-refractivity contribution in [3.05, 3.63) is 33.4 Å². The molecular formula is C13H16INO2. The lowest BCUT2D eigenvalue weighted by atomic mass is 10.1. The summed E-state index contributed by atoms with van der Waals surface area (Å²) in [7, 11) is 0. The average Bonchev–Trinajstić information content (AvgIpc) is 3.13. The number of carbonyl (C=O) groups is 1. The average molecular weight is 345 g/mol. The third kappa shape index (κ3) is 3.76. The van der Waals surface area contributed by atoms with Gasteiger partial charge in [-0.15, -0.1) is 0 Å². The minimum Gasteiger partial charge on any atom is -0.395 e. The smallest absolute Gasteiger partial charge is 0.176 e. The SMILES string of the molecule is O=C(CN(CCO)C1CC1)c1ccc(I)cc1. The van der Waals surface area contributed by atoms with Gasteiger partial charge in [-0.2, -0.15) is 0 Å².